The lowest BCUT2D eigenvalue weighted by atomic mass is 10.1. The predicted octanol–water partition coefficient (Wildman–Crippen LogP) is 1.74. The maximum Gasteiger partial charge on any atom is 0.310 e. The van der Waals surface area contributed by atoms with Gasteiger partial charge in [-0.15, -0.1) is 0 Å². The Balaban J connectivity index is 2.77. The highest BCUT2D eigenvalue weighted by Gasteiger charge is 2.21. The van der Waals surface area contributed by atoms with Crippen molar-refractivity contribution in [2.45, 2.75) is 20.3 Å². The quantitative estimate of drug-likeness (QED) is 0.734. The summed E-state index contributed by atoms with van der Waals surface area (Å²) < 4.78 is 4.69. The first-order valence-corrected chi connectivity index (χ1v) is 6.37. The highest BCUT2D eigenvalue weighted by molar-refractivity contribution is 5.94. The number of ether oxygens (including phenoxy) is 1. The van der Waals surface area contributed by atoms with E-state index in [4.69, 9.17) is 0 Å². The Labute approximate surface area is 113 Å². The van der Waals surface area contributed by atoms with Crippen molar-refractivity contribution < 1.29 is 14.3 Å². The molecule has 0 fully saturated rings. The standard InChI is InChI=1S/C14H20N2O3/c1-4-9-16(10-11(2)14(18)19-3)13(17)12-5-7-15-8-6-12/h5-8,11H,4,9-10H2,1-3H3. The second-order valence-corrected chi connectivity index (χ2v) is 4.41. The first kappa shape index (κ1) is 15.1. The number of hydrogen-bond acceptors (Lipinski definition) is 4. The van der Waals surface area contributed by atoms with E-state index >= 15 is 0 Å². The Hall–Kier alpha value is -1.91. The Morgan fingerprint density at radius 3 is 2.53 bits per heavy atom. The fraction of sp³-hybridized carbons (Fsp3) is 0.500. The van der Waals surface area contributed by atoms with E-state index in [9.17, 15) is 9.59 Å². The predicted molar refractivity (Wildman–Crippen MR) is 71.6 cm³/mol. The lowest BCUT2D eigenvalue weighted by molar-refractivity contribution is -0.145. The molecular weight excluding hydrogens is 244 g/mol. The summed E-state index contributed by atoms with van der Waals surface area (Å²) >= 11 is 0. The first-order valence-electron chi connectivity index (χ1n) is 6.37. The molecule has 0 spiro atoms. The summed E-state index contributed by atoms with van der Waals surface area (Å²) in [6.45, 7) is 4.73. The number of hydrogen-bond donors (Lipinski definition) is 0. The lowest BCUT2D eigenvalue weighted by Crippen LogP contribution is -2.37. The molecule has 0 aliphatic rings. The van der Waals surface area contributed by atoms with Crippen LogP contribution >= 0.6 is 0 Å². The molecule has 0 saturated heterocycles. The van der Waals surface area contributed by atoms with E-state index in [1.165, 1.54) is 7.11 Å². The molecule has 0 N–H and O–H groups in total. The molecule has 0 aliphatic carbocycles. The number of carbonyl (C=O) groups is 2. The molecule has 104 valence electrons. The van der Waals surface area contributed by atoms with Gasteiger partial charge >= 0.3 is 5.97 Å². The van der Waals surface area contributed by atoms with Gasteiger partial charge in [-0.25, -0.2) is 0 Å². The Morgan fingerprint density at radius 2 is 2.00 bits per heavy atom. The van der Waals surface area contributed by atoms with E-state index in [1.807, 2.05) is 6.92 Å². The number of nitrogens with zero attached hydrogens (tertiary/aromatic N) is 2. The van der Waals surface area contributed by atoms with Crippen LogP contribution < -0.4 is 0 Å². The van der Waals surface area contributed by atoms with Crippen LogP contribution in [0.1, 0.15) is 30.6 Å². The van der Waals surface area contributed by atoms with Gasteiger partial charge in [-0.1, -0.05) is 13.8 Å². The van der Waals surface area contributed by atoms with Gasteiger partial charge in [0, 0.05) is 31.0 Å². The summed E-state index contributed by atoms with van der Waals surface area (Å²) in [6.07, 6.45) is 4.01. The van der Waals surface area contributed by atoms with Gasteiger partial charge in [0.1, 0.15) is 0 Å². The smallest absolute Gasteiger partial charge is 0.310 e. The Bertz CT molecular complexity index is 420. The van der Waals surface area contributed by atoms with Gasteiger partial charge in [-0.2, -0.15) is 0 Å². The summed E-state index contributed by atoms with van der Waals surface area (Å²) in [4.78, 5) is 29.3. The zero-order valence-electron chi connectivity index (χ0n) is 11.6. The van der Waals surface area contributed by atoms with Gasteiger partial charge in [0.2, 0.25) is 0 Å². The number of rotatable bonds is 6. The van der Waals surface area contributed by atoms with Crippen LogP contribution in [0.2, 0.25) is 0 Å². The minimum atomic E-state index is -0.331. The summed E-state index contributed by atoms with van der Waals surface area (Å²) in [5, 5.41) is 0. The number of amides is 1. The highest BCUT2D eigenvalue weighted by atomic mass is 16.5. The van der Waals surface area contributed by atoms with Gasteiger partial charge < -0.3 is 9.64 Å². The molecule has 0 aromatic carbocycles. The Morgan fingerprint density at radius 1 is 1.37 bits per heavy atom. The molecule has 0 saturated carbocycles. The third kappa shape index (κ3) is 4.35. The van der Waals surface area contributed by atoms with Crippen LogP contribution in [0.5, 0.6) is 0 Å². The van der Waals surface area contributed by atoms with Crippen LogP contribution in [0.3, 0.4) is 0 Å². The molecule has 5 heteroatoms. The van der Waals surface area contributed by atoms with E-state index in [1.54, 1.807) is 36.4 Å². The van der Waals surface area contributed by atoms with Crippen molar-refractivity contribution in [1.29, 1.82) is 0 Å². The highest BCUT2D eigenvalue weighted by Crippen LogP contribution is 2.09. The molecule has 1 aromatic rings. The normalized spacial score (nSPS) is 11.7. The zero-order valence-corrected chi connectivity index (χ0v) is 11.6. The van der Waals surface area contributed by atoms with E-state index in [2.05, 4.69) is 9.72 Å². The molecular formula is C14H20N2O3. The first-order chi connectivity index (χ1) is 9.10. The molecule has 1 heterocycles. The van der Waals surface area contributed by atoms with E-state index in [0.717, 1.165) is 6.42 Å². The van der Waals surface area contributed by atoms with Crippen molar-refractivity contribution in [3.63, 3.8) is 0 Å². The van der Waals surface area contributed by atoms with Crippen LogP contribution in [0.4, 0.5) is 0 Å². The van der Waals surface area contributed by atoms with Gasteiger partial charge in [-0.3, -0.25) is 14.6 Å². The maximum atomic E-state index is 12.3. The molecule has 1 atom stereocenters. The largest absolute Gasteiger partial charge is 0.469 e. The average Bonchev–Trinajstić information content (AvgIpc) is 2.45. The van der Waals surface area contributed by atoms with Crippen LogP contribution in [-0.4, -0.2) is 42.0 Å². The number of pyridine rings is 1. The topological polar surface area (TPSA) is 59.5 Å². The summed E-state index contributed by atoms with van der Waals surface area (Å²) in [6, 6.07) is 3.35. The molecule has 1 aromatic heterocycles. The average molecular weight is 264 g/mol. The number of methoxy groups -OCH3 is 1. The fourth-order valence-electron chi connectivity index (χ4n) is 1.83. The van der Waals surface area contributed by atoms with Crippen molar-refractivity contribution in [2.75, 3.05) is 20.2 Å². The SMILES string of the molecule is CCCN(CC(C)C(=O)OC)C(=O)c1ccncc1. The minimum absolute atomic E-state index is 0.0833. The third-order valence-corrected chi connectivity index (χ3v) is 2.81. The van der Waals surface area contributed by atoms with Gasteiger partial charge in [0.25, 0.3) is 5.91 Å². The second kappa shape index (κ2) is 7.51. The summed E-state index contributed by atoms with van der Waals surface area (Å²) in [5.74, 6) is -0.717. The molecule has 1 amide bonds. The van der Waals surface area contributed by atoms with Crippen LogP contribution in [-0.2, 0) is 9.53 Å². The van der Waals surface area contributed by atoms with Crippen molar-refractivity contribution in [3.8, 4) is 0 Å². The molecule has 1 unspecified atom stereocenters. The van der Waals surface area contributed by atoms with E-state index in [0.29, 0.717) is 18.7 Å². The Kier molecular flexibility index (Phi) is 5.99. The molecule has 5 nitrogen and oxygen atoms in total. The van der Waals surface area contributed by atoms with Crippen molar-refractivity contribution in [1.82, 2.24) is 9.88 Å². The van der Waals surface area contributed by atoms with Crippen molar-refractivity contribution in [2.24, 2.45) is 5.92 Å². The number of esters is 1. The van der Waals surface area contributed by atoms with Gasteiger partial charge in [0.05, 0.1) is 13.0 Å². The summed E-state index contributed by atoms with van der Waals surface area (Å²) in [7, 11) is 1.35. The molecule has 0 bridgehead atoms. The van der Waals surface area contributed by atoms with Crippen LogP contribution in [0, 0.1) is 5.92 Å². The van der Waals surface area contributed by atoms with Crippen LogP contribution in [0.15, 0.2) is 24.5 Å². The van der Waals surface area contributed by atoms with Gasteiger partial charge in [-0.05, 0) is 18.6 Å². The monoisotopic (exact) mass is 264 g/mol. The number of aromatic nitrogens is 1. The van der Waals surface area contributed by atoms with Crippen LogP contribution in [0.25, 0.3) is 0 Å². The second-order valence-electron chi connectivity index (χ2n) is 4.41. The van der Waals surface area contributed by atoms with Gasteiger partial charge in [0.15, 0.2) is 0 Å². The zero-order chi connectivity index (χ0) is 14.3. The third-order valence-electron chi connectivity index (χ3n) is 2.81. The maximum absolute atomic E-state index is 12.3. The molecule has 0 aliphatic heterocycles. The van der Waals surface area contributed by atoms with E-state index in [-0.39, 0.29) is 17.8 Å². The number of carbonyl (C=O) groups excluding carboxylic acids is 2. The molecule has 1 rings (SSSR count). The molecule has 19 heavy (non-hydrogen) atoms. The lowest BCUT2D eigenvalue weighted by Gasteiger charge is -2.24. The minimum Gasteiger partial charge on any atom is -0.469 e. The summed E-state index contributed by atoms with van der Waals surface area (Å²) in [5.41, 5.74) is 0.584. The van der Waals surface area contributed by atoms with E-state index < -0.39 is 0 Å². The fourth-order valence-corrected chi connectivity index (χ4v) is 1.83. The van der Waals surface area contributed by atoms with Crippen molar-refractivity contribution >= 4 is 11.9 Å². The molecule has 0 radical (unpaired) electrons. The van der Waals surface area contributed by atoms with Crippen molar-refractivity contribution in [3.05, 3.63) is 30.1 Å².